The summed E-state index contributed by atoms with van der Waals surface area (Å²) in [6, 6.07) is 8.04. The van der Waals surface area contributed by atoms with Crippen LogP contribution in [0.1, 0.15) is 70.4 Å². The molecule has 2 rings (SSSR count). The minimum absolute atomic E-state index is 0.155. The van der Waals surface area contributed by atoms with Gasteiger partial charge in [0.05, 0.1) is 5.25 Å². The van der Waals surface area contributed by atoms with E-state index >= 15 is 0 Å². The maximum atomic E-state index is 12.9. The minimum atomic E-state index is -3.35. The Hall–Kier alpha value is -1.20. The van der Waals surface area contributed by atoms with Gasteiger partial charge in [0.2, 0.25) is 10.0 Å². The summed E-state index contributed by atoms with van der Waals surface area (Å²) in [6.45, 7) is 5.52. The average molecular weight is 380 g/mol. The molecule has 1 N–H and O–H groups in total. The van der Waals surface area contributed by atoms with Gasteiger partial charge in [0, 0.05) is 18.4 Å². The van der Waals surface area contributed by atoms with Crippen LogP contribution in [0, 0.1) is 5.92 Å². The van der Waals surface area contributed by atoms with Crippen LogP contribution in [0.15, 0.2) is 24.3 Å². The lowest BCUT2D eigenvalue weighted by atomic mass is 9.80. The van der Waals surface area contributed by atoms with E-state index in [4.69, 9.17) is 0 Å². The number of Topliss-reactive ketones (excluding diaryl/α,β-unsaturated/α-hetero) is 1. The quantitative estimate of drug-likeness (QED) is 0.705. The zero-order valence-electron chi connectivity index (χ0n) is 16.3. The van der Waals surface area contributed by atoms with Crippen LogP contribution >= 0.6 is 0 Å². The first-order valence-electron chi connectivity index (χ1n) is 9.95. The molecule has 0 radical (unpaired) electrons. The Morgan fingerprint density at radius 3 is 2.35 bits per heavy atom. The zero-order chi connectivity index (χ0) is 19.2. The van der Waals surface area contributed by atoms with Gasteiger partial charge in [0.1, 0.15) is 5.78 Å². The number of hydrogen-bond acceptors (Lipinski definition) is 3. The molecule has 2 unspecified atom stereocenters. The summed E-state index contributed by atoms with van der Waals surface area (Å²) in [5.41, 5.74) is 2.33. The van der Waals surface area contributed by atoms with E-state index in [2.05, 4.69) is 23.8 Å². The van der Waals surface area contributed by atoms with E-state index in [1.54, 1.807) is 13.8 Å². The molecule has 2 atom stereocenters. The number of benzene rings is 1. The van der Waals surface area contributed by atoms with E-state index in [9.17, 15) is 13.2 Å². The first-order chi connectivity index (χ1) is 12.3. The van der Waals surface area contributed by atoms with E-state index < -0.39 is 15.3 Å². The number of nitrogens with one attached hydrogen (secondary N) is 1. The normalized spacial score (nSPS) is 21.1. The van der Waals surface area contributed by atoms with Crippen LogP contribution < -0.4 is 4.72 Å². The van der Waals surface area contributed by atoms with Crippen LogP contribution in [0.5, 0.6) is 0 Å². The number of hydrogen-bond donors (Lipinski definition) is 1. The Morgan fingerprint density at radius 2 is 1.73 bits per heavy atom. The summed E-state index contributed by atoms with van der Waals surface area (Å²) in [7, 11) is -3.35. The van der Waals surface area contributed by atoms with Gasteiger partial charge < -0.3 is 0 Å². The molecule has 0 aliphatic heterocycles. The molecule has 0 amide bonds. The maximum Gasteiger partial charge on any atom is 0.214 e. The minimum Gasteiger partial charge on any atom is -0.299 e. The Balaban J connectivity index is 2.01. The highest BCUT2D eigenvalue weighted by molar-refractivity contribution is 7.90. The molecule has 5 heteroatoms. The fraction of sp³-hybridized carbons (Fsp3) is 0.667. The molecule has 0 heterocycles. The van der Waals surface area contributed by atoms with Crippen molar-refractivity contribution in [3.05, 3.63) is 35.4 Å². The maximum absolute atomic E-state index is 12.9. The molecule has 0 saturated heterocycles. The van der Waals surface area contributed by atoms with Gasteiger partial charge in [-0.15, -0.1) is 0 Å². The Kier molecular flexibility index (Phi) is 7.84. The highest BCUT2D eigenvalue weighted by Gasteiger charge is 2.34. The van der Waals surface area contributed by atoms with Crippen molar-refractivity contribution in [3.63, 3.8) is 0 Å². The van der Waals surface area contributed by atoms with Crippen molar-refractivity contribution in [2.45, 2.75) is 83.4 Å². The SMILES string of the molecule is CCCCc1ccc(CC(=O)C2CCCCC2NS(=O)(=O)C(C)C)cc1. The van der Waals surface area contributed by atoms with Crippen LogP contribution in [0.2, 0.25) is 0 Å². The van der Waals surface area contributed by atoms with Crippen LogP contribution in [-0.2, 0) is 27.7 Å². The summed E-state index contributed by atoms with van der Waals surface area (Å²) < 4.78 is 27.2. The molecule has 26 heavy (non-hydrogen) atoms. The van der Waals surface area contributed by atoms with E-state index in [1.807, 2.05) is 12.1 Å². The highest BCUT2D eigenvalue weighted by atomic mass is 32.2. The molecule has 0 aromatic heterocycles. The third-order valence-electron chi connectivity index (χ3n) is 5.34. The van der Waals surface area contributed by atoms with Crippen LogP contribution in [-0.4, -0.2) is 25.5 Å². The summed E-state index contributed by atoms with van der Waals surface area (Å²) in [4.78, 5) is 12.9. The lowest BCUT2D eigenvalue weighted by Gasteiger charge is -2.31. The van der Waals surface area contributed by atoms with Crippen molar-refractivity contribution >= 4 is 15.8 Å². The molecule has 1 saturated carbocycles. The van der Waals surface area contributed by atoms with Crippen molar-refractivity contribution in [2.75, 3.05) is 0 Å². The molecule has 1 fully saturated rings. The monoisotopic (exact) mass is 379 g/mol. The predicted molar refractivity (Wildman–Crippen MR) is 107 cm³/mol. The van der Waals surface area contributed by atoms with Gasteiger partial charge in [-0.3, -0.25) is 4.79 Å². The average Bonchev–Trinajstić information content (AvgIpc) is 2.61. The molecular weight excluding hydrogens is 346 g/mol. The zero-order valence-corrected chi connectivity index (χ0v) is 17.1. The first kappa shape index (κ1) is 21.1. The van der Waals surface area contributed by atoms with Crippen molar-refractivity contribution in [3.8, 4) is 0 Å². The summed E-state index contributed by atoms with van der Waals surface area (Å²) >= 11 is 0. The second kappa shape index (κ2) is 9.65. The molecule has 1 aromatic rings. The van der Waals surface area contributed by atoms with Gasteiger partial charge >= 0.3 is 0 Å². The number of rotatable bonds is 9. The summed E-state index contributed by atoms with van der Waals surface area (Å²) in [5, 5.41) is -0.476. The third-order valence-corrected chi connectivity index (χ3v) is 7.21. The van der Waals surface area contributed by atoms with Crippen molar-refractivity contribution in [1.29, 1.82) is 0 Å². The van der Waals surface area contributed by atoms with Crippen molar-refractivity contribution in [1.82, 2.24) is 4.72 Å². The fourth-order valence-corrected chi connectivity index (χ4v) is 4.52. The van der Waals surface area contributed by atoms with E-state index in [-0.39, 0.29) is 17.7 Å². The number of carbonyl (C=O) groups is 1. The number of unbranched alkanes of at least 4 members (excludes halogenated alkanes) is 1. The first-order valence-corrected chi connectivity index (χ1v) is 11.5. The van der Waals surface area contributed by atoms with Gasteiger partial charge in [-0.2, -0.15) is 0 Å². The van der Waals surface area contributed by atoms with Crippen molar-refractivity contribution in [2.24, 2.45) is 5.92 Å². The lowest BCUT2D eigenvalue weighted by molar-refractivity contribution is -0.123. The van der Waals surface area contributed by atoms with Gasteiger partial charge in [-0.1, -0.05) is 50.5 Å². The number of carbonyl (C=O) groups excluding carboxylic acids is 1. The second-order valence-electron chi connectivity index (χ2n) is 7.77. The van der Waals surface area contributed by atoms with E-state index in [1.165, 1.54) is 18.4 Å². The number of ketones is 1. The molecule has 146 valence electrons. The Bertz CT molecular complexity index is 680. The summed E-state index contributed by atoms with van der Waals surface area (Å²) in [6.07, 6.45) is 7.31. The number of sulfonamides is 1. The van der Waals surface area contributed by atoms with Crippen molar-refractivity contribution < 1.29 is 13.2 Å². The topological polar surface area (TPSA) is 63.2 Å². The summed E-state index contributed by atoms with van der Waals surface area (Å²) in [5.74, 6) is -0.0560. The fourth-order valence-electron chi connectivity index (χ4n) is 3.54. The largest absolute Gasteiger partial charge is 0.299 e. The molecular formula is C21H33NO3S. The second-order valence-corrected chi connectivity index (χ2v) is 10.0. The van der Waals surface area contributed by atoms with E-state index in [0.29, 0.717) is 6.42 Å². The van der Waals surface area contributed by atoms with E-state index in [0.717, 1.165) is 37.7 Å². The predicted octanol–water partition coefficient (Wildman–Crippen LogP) is 4.03. The Morgan fingerprint density at radius 1 is 1.12 bits per heavy atom. The van der Waals surface area contributed by atoms with Gasteiger partial charge in [-0.05, 0) is 50.7 Å². The van der Waals surface area contributed by atoms with Gasteiger partial charge in [0.25, 0.3) is 0 Å². The highest BCUT2D eigenvalue weighted by Crippen LogP contribution is 2.27. The van der Waals surface area contributed by atoms with Crippen LogP contribution in [0.3, 0.4) is 0 Å². The molecule has 0 spiro atoms. The Labute approximate surface area is 158 Å². The molecule has 4 nitrogen and oxygen atoms in total. The third kappa shape index (κ3) is 5.92. The molecule has 1 aromatic carbocycles. The molecule has 1 aliphatic carbocycles. The van der Waals surface area contributed by atoms with Gasteiger partial charge in [-0.25, -0.2) is 13.1 Å². The van der Waals surface area contributed by atoms with Gasteiger partial charge in [0.15, 0.2) is 0 Å². The molecule has 0 bridgehead atoms. The number of aryl methyl sites for hydroxylation is 1. The standard InChI is InChI=1S/C21H33NO3S/c1-4-5-8-17-11-13-18(14-12-17)15-21(23)19-9-6-7-10-20(19)22-26(24,25)16(2)3/h11-14,16,19-20,22H,4-10,15H2,1-3H3. The smallest absolute Gasteiger partial charge is 0.214 e. The van der Waals surface area contributed by atoms with Crippen LogP contribution in [0.25, 0.3) is 0 Å². The molecule has 1 aliphatic rings. The van der Waals surface area contributed by atoms with Crippen LogP contribution in [0.4, 0.5) is 0 Å². The lowest BCUT2D eigenvalue weighted by Crippen LogP contribution is -2.47.